The number of rotatable bonds is 7. The summed E-state index contributed by atoms with van der Waals surface area (Å²) >= 11 is 0. The minimum atomic E-state index is -0.450. The lowest BCUT2D eigenvalue weighted by molar-refractivity contribution is 0.101. The Balaban J connectivity index is 1.43. The van der Waals surface area contributed by atoms with Crippen molar-refractivity contribution in [3.63, 3.8) is 0 Å². The molecular formula is C23H23N5O3. The average molecular weight is 417 g/mol. The highest BCUT2D eigenvalue weighted by Gasteiger charge is 2.22. The molecule has 0 radical (unpaired) electrons. The van der Waals surface area contributed by atoms with E-state index in [9.17, 15) is 4.79 Å². The first kappa shape index (κ1) is 20.3. The van der Waals surface area contributed by atoms with Gasteiger partial charge in [0.05, 0.1) is 12.1 Å². The van der Waals surface area contributed by atoms with Crippen LogP contribution in [0.4, 0.5) is 5.95 Å². The van der Waals surface area contributed by atoms with E-state index < -0.39 is 5.91 Å². The van der Waals surface area contributed by atoms with Crippen molar-refractivity contribution < 1.29 is 14.1 Å². The Morgan fingerprint density at radius 2 is 1.97 bits per heavy atom. The van der Waals surface area contributed by atoms with Crippen molar-refractivity contribution in [2.24, 2.45) is 0 Å². The Labute approximate surface area is 179 Å². The molecule has 31 heavy (non-hydrogen) atoms. The van der Waals surface area contributed by atoms with Gasteiger partial charge < -0.3 is 9.26 Å². The van der Waals surface area contributed by atoms with Gasteiger partial charge in [-0.15, -0.1) is 5.10 Å². The van der Waals surface area contributed by atoms with Crippen molar-refractivity contribution in [3.8, 4) is 5.75 Å². The highest BCUT2D eigenvalue weighted by atomic mass is 16.5. The lowest BCUT2D eigenvalue weighted by atomic mass is 10.1. The molecule has 0 aliphatic rings. The second-order valence-corrected chi connectivity index (χ2v) is 7.33. The number of ether oxygens (including phenoxy) is 1. The van der Waals surface area contributed by atoms with Gasteiger partial charge in [0.1, 0.15) is 24.4 Å². The van der Waals surface area contributed by atoms with Gasteiger partial charge in [-0.3, -0.25) is 10.1 Å². The zero-order valence-electron chi connectivity index (χ0n) is 17.6. The number of nitrogens with one attached hydrogen (secondary N) is 1. The number of nitrogens with zero attached hydrogens (tertiary/aromatic N) is 4. The summed E-state index contributed by atoms with van der Waals surface area (Å²) in [6, 6.07) is 15.8. The Morgan fingerprint density at radius 1 is 1.13 bits per heavy atom. The third-order valence-corrected chi connectivity index (χ3v) is 4.85. The van der Waals surface area contributed by atoms with Gasteiger partial charge in [0.2, 0.25) is 5.95 Å². The normalized spacial score (nSPS) is 10.8. The fourth-order valence-electron chi connectivity index (χ4n) is 3.19. The monoisotopic (exact) mass is 417 g/mol. The third kappa shape index (κ3) is 4.80. The number of carbonyl (C=O) groups excluding carboxylic acids is 1. The lowest BCUT2D eigenvalue weighted by Crippen LogP contribution is -2.16. The zero-order valence-corrected chi connectivity index (χ0v) is 17.6. The van der Waals surface area contributed by atoms with Crippen LogP contribution in [0.25, 0.3) is 0 Å². The first-order valence-electron chi connectivity index (χ1n) is 9.89. The van der Waals surface area contributed by atoms with Crippen LogP contribution < -0.4 is 10.1 Å². The maximum atomic E-state index is 12.8. The van der Waals surface area contributed by atoms with E-state index >= 15 is 0 Å². The summed E-state index contributed by atoms with van der Waals surface area (Å²) in [7, 11) is 0. The summed E-state index contributed by atoms with van der Waals surface area (Å²) in [5, 5.41) is 10.9. The number of amides is 1. The molecule has 1 amide bonds. The number of anilines is 1. The number of aromatic nitrogens is 4. The van der Waals surface area contributed by atoms with Crippen LogP contribution >= 0.6 is 0 Å². The first-order valence-corrected chi connectivity index (χ1v) is 9.89. The molecule has 2 aromatic carbocycles. The molecule has 1 N–H and O–H groups in total. The van der Waals surface area contributed by atoms with Crippen molar-refractivity contribution in [1.82, 2.24) is 19.9 Å². The van der Waals surface area contributed by atoms with Gasteiger partial charge in [0.15, 0.2) is 5.69 Å². The third-order valence-electron chi connectivity index (χ3n) is 4.85. The summed E-state index contributed by atoms with van der Waals surface area (Å²) in [5.41, 5.74) is 4.02. The van der Waals surface area contributed by atoms with Gasteiger partial charge >= 0.3 is 0 Å². The Morgan fingerprint density at radius 3 is 2.77 bits per heavy atom. The molecule has 0 aliphatic heterocycles. The molecule has 0 spiro atoms. The van der Waals surface area contributed by atoms with Crippen LogP contribution in [-0.4, -0.2) is 25.8 Å². The molecule has 0 unspecified atom stereocenters. The molecule has 8 nitrogen and oxygen atoms in total. The van der Waals surface area contributed by atoms with E-state index in [-0.39, 0.29) is 18.2 Å². The highest BCUT2D eigenvalue weighted by molar-refractivity contribution is 6.02. The quantitative estimate of drug-likeness (QED) is 0.487. The molecule has 2 heterocycles. The van der Waals surface area contributed by atoms with E-state index in [0.717, 1.165) is 16.9 Å². The van der Waals surface area contributed by atoms with E-state index in [0.29, 0.717) is 17.9 Å². The molecule has 0 bridgehead atoms. The van der Waals surface area contributed by atoms with Crippen LogP contribution in [0.5, 0.6) is 5.75 Å². The molecule has 158 valence electrons. The van der Waals surface area contributed by atoms with E-state index in [2.05, 4.69) is 26.6 Å². The lowest BCUT2D eigenvalue weighted by Gasteiger charge is -2.08. The Bertz CT molecular complexity index is 1210. The summed E-state index contributed by atoms with van der Waals surface area (Å²) in [6.45, 7) is 6.47. The number of hydrogen-bond donors (Lipinski definition) is 1. The summed E-state index contributed by atoms with van der Waals surface area (Å²) < 4.78 is 12.8. The van der Waals surface area contributed by atoms with Crippen LogP contribution in [0.3, 0.4) is 0 Å². The predicted molar refractivity (Wildman–Crippen MR) is 115 cm³/mol. The van der Waals surface area contributed by atoms with E-state index in [4.69, 9.17) is 9.26 Å². The summed E-state index contributed by atoms with van der Waals surface area (Å²) in [6.07, 6.45) is 1.58. The van der Waals surface area contributed by atoms with E-state index in [1.165, 1.54) is 5.56 Å². The average Bonchev–Trinajstić information content (AvgIpc) is 3.33. The Kier molecular flexibility index (Phi) is 5.79. The van der Waals surface area contributed by atoms with Gasteiger partial charge in [0, 0.05) is 0 Å². The minimum Gasteiger partial charge on any atom is -0.488 e. The number of carbonyl (C=O) groups is 1. The van der Waals surface area contributed by atoms with Crippen LogP contribution in [0.2, 0.25) is 0 Å². The SMILES string of the molecule is Cc1cccc(Cn2cnc(NC(=O)c3noc(C)c3COc3ccccc3C)n2)c1. The predicted octanol–water partition coefficient (Wildman–Crippen LogP) is 4.07. The van der Waals surface area contributed by atoms with Crippen LogP contribution in [0, 0.1) is 20.8 Å². The van der Waals surface area contributed by atoms with E-state index in [1.54, 1.807) is 17.9 Å². The van der Waals surface area contributed by atoms with Crippen molar-refractivity contribution in [3.05, 3.63) is 88.6 Å². The Hall–Kier alpha value is -3.94. The fraction of sp³-hybridized carbons (Fsp3) is 0.217. The summed E-state index contributed by atoms with van der Waals surface area (Å²) in [5.74, 6) is 1.01. The number of aryl methyl sites for hydroxylation is 3. The van der Waals surface area contributed by atoms with Gasteiger partial charge in [-0.05, 0) is 38.0 Å². The minimum absolute atomic E-state index is 0.154. The molecule has 2 aromatic heterocycles. The van der Waals surface area contributed by atoms with Gasteiger partial charge in [0.25, 0.3) is 5.91 Å². The number of hydrogen-bond acceptors (Lipinski definition) is 6. The molecule has 0 fully saturated rings. The zero-order chi connectivity index (χ0) is 21.8. The molecule has 0 saturated carbocycles. The van der Waals surface area contributed by atoms with Crippen molar-refractivity contribution >= 4 is 11.9 Å². The maximum Gasteiger partial charge on any atom is 0.280 e. The smallest absolute Gasteiger partial charge is 0.280 e. The van der Waals surface area contributed by atoms with Gasteiger partial charge in [-0.25, -0.2) is 9.67 Å². The maximum absolute atomic E-state index is 12.8. The fourth-order valence-corrected chi connectivity index (χ4v) is 3.19. The van der Waals surface area contributed by atoms with E-state index in [1.807, 2.05) is 56.3 Å². The second kappa shape index (κ2) is 8.83. The van der Waals surface area contributed by atoms with Crippen molar-refractivity contribution in [1.29, 1.82) is 0 Å². The first-order chi connectivity index (χ1) is 15.0. The van der Waals surface area contributed by atoms with Crippen LogP contribution in [0.1, 0.15) is 38.5 Å². The summed E-state index contributed by atoms with van der Waals surface area (Å²) in [4.78, 5) is 16.9. The van der Waals surface area contributed by atoms with Crippen molar-refractivity contribution in [2.75, 3.05) is 5.32 Å². The number of para-hydroxylation sites is 1. The van der Waals surface area contributed by atoms with Gasteiger partial charge in [-0.2, -0.15) is 0 Å². The topological polar surface area (TPSA) is 95.1 Å². The van der Waals surface area contributed by atoms with Crippen molar-refractivity contribution in [2.45, 2.75) is 33.9 Å². The van der Waals surface area contributed by atoms with Gasteiger partial charge in [-0.1, -0.05) is 53.2 Å². The number of benzene rings is 2. The molecule has 0 saturated heterocycles. The van der Waals surface area contributed by atoms with Crippen LogP contribution in [-0.2, 0) is 13.2 Å². The molecule has 8 heteroatoms. The molecule has 0 atom stereocenters. The standard InChI is InChI=1S/C23H23N5O3/c1-15-7-6-9-18(11-15)12-28-14-24-23(26-28)25-22(29)21-19(17(3)31-27-21)13-30-20-10-5-4-8-16(20)2/h4-11,14H,12-13H2,1-3H3,(H,25,26,29). The second-order valence-electron chi connectivity index (χ2n) is 7.33. The van der Waals surface area contributed by atoms with Crippen LogP contribution in [0.15, 0.2) is 59.4 Å². The highest BCUT2D eigenvalue weighted by Crippen LogP contribution is 2.21. The molecule has 4 rings (SSSR count). The molecule has 4 aromatic rings. The largest absolute Gasteiger partial charge is 0.488 e. The molecular weight excluding hydrogens is 394 g/mol. The molecule has 0 aliphatic carbocycles.